The lowest BCUT2D eigenvalue weighted by Crippen LogP contribution is -2.05. The Morgan fingerprint density at radius 3 is 2.67 bits per heavy atom. The molecule has 1 aromatic carbocycles. The maximum Gasteiger partial charge on any atom is 0.183 e. The van der Waals surface area contributed by atoms with E-state index in [4.69, 9.17) is 17.3 Å². The van der Waals surface area contributed by atoms with E-state index in [1.807, 2.05) is 26.0 Å². The number of aromatic amines is 1. The van der Waals surface area contributed by atoms with Crippen molar-refractivity contribution in [3.63, 3.8) is 0 Å². The summed E-state index contributed by atoms with van der Waals surface area (Å²) < 4.78 is 0. The molecule has 4 aromatic rings. The summed E-state index contributed by atoms with van der Waals surface area (Å²) in [6.45, 7) is 3.81. The summed E-state index contributed by atoms with van der Waals surface area (Å²) in [4.78, 5) is 17.6. The van der Waals surface area contributed by atoms with Crippen molar-refractivity contribution in [3.05, 3.63) is 46.5 Å². The van der Waals surface area contributed by atoms with Gasteiger partial charge in [-0.05, 0) is 31.5 Å². The number of rotatable bonds is 2. The first-order valence-corrected chi connectivity index (χ1v) is 8.37. The predicted molar refractivity (Wildman–Crippen MR) is 102 cm³/mol. The van der Waals surface area contributed by atoms with Crippen LogP contribution in [0.15, 0.2) is 24.5 Å². The number of nitriles is 1. The number of aryl methyl sites for hydroxylation is 2. The normalized spacial score (nSPS) is 10.9. The van der Waals surface area contributed by atoms with E-state index in [1.54, 1.807) is 18.5 Å². The molecule has 4 rings (SSSR count). The second-order valence-electron chi connectivity index (χ2n) is 6.02. The average Bonchev–Trinajstić information content (AvgIpc) is 3.13. The molecule has 0 bridgehead atoms. The number of halogens is 1. The van der Waals surface area contributed by atoms with E-state index in [-0.39, 0.29) is 11.5 Å². The Labute approximate surface area is 159 Å². The first-order valence-electron chi connectivity index (χ1n) is 7.99. The van der Waals surface area contributed by atoms with Crippen molar-refractivity contribution in [1.29, 1.82) is 5.26 Å². The molecular formula is C18H13ClN8. The van der Waals surface area contributed by atoms with Gasteiger partial charge in [-0.25, -0.2) is 19.9 Å². The third-order valence-corrected chi connectivity index (χ3v) is 4.54. The van der Waals surface area contributed by atoms with Gasteiger partial charge in [0.05, 0.1) is 16.7 Å². The highest BCUT2D eigenvalue weighted by atomic mass is 35.5. The number of nitrogens with two attached hydrogens (primary N) is 1. The largest absolute Gasteiger partial charge is 0.381 e. The van der Waals surface area contributed by atoms with Crippen molar-refractivity contribution < 1.29 is 0 Å². The van der Waals surface area contributed by atoms with E-state index in [0.717, 1.165) is 16.6 Å². The average molecular weight is 377 g/mol. The second-order valence-corrected chi connectivity index (χ2v) is 6.43. The number of benzene rings is 1. The molecule has 0 saturated carbocycles. The van der Waals surface area contributed by atoms with Gasteiger partial charge < -0.3 is 5.73 Å². The number of hydrogen-bond donors (Lipinski definition) is 2. The van der Waals surface area contributed by atoms with Gasteiger partial charge in [0.25, 0.3) is 0 Å². The molecular weight excluding hydrogens is 364 g/mol. The molecule has 132 valence electrons. The third kappa shape index (κ3) is 2.84. The number of aromatic nitrogens is 6. The zero-order valence-corrected chi connectivity index (χ0v) is 15.2. The van der Waals surface area contributed by atoms with Crippen LogP contribution in [0, 0.1) is 25.2 Å². The molecule has 8 nitrogen and oxygen atoms in total. The SMILES string of the molecule is Cc1cnc(-c2nc(N)c(C#N)nc2-c2cc(Cl)c3[nH]ncc3c2)nc1C. The Balaban J connectivity index is 2.02. The van der Waals surface area contributed by atoms with Crippen LogP contribution < -0.4 is 5.73 Å². The number of nitrogen functional groups attached to an aromatic ring is 1. The maximum absolute atomic E-state index is 9.32. The minimum Gasteiger partial charge on any atom is -0.381 e. The Kier molecular flexibility index (Phi) is 3.94. The van der Waals surface area contributed by atoms with Crippen LogP contribution in [-0.2, 0) is 0 Å². The highest BCUT2D eigenvalue weighted by Crippen LogP contribution is 2.33. The number of hydrogen-bond acceptors (Lipinski definition) is 7. The third-order valence-electron chi connectivity index (χ3n) is 4.24. The standard InChI is InChI=1S/C18H13ClN8/c1-8-6-22-18(24-9(8)2)16-15(25-13(5-20)17(21)26-16)10-3-11-7-23-27-14(11)12(19)4-10/h3-4,6-7H,1-2H3,(H2,21,26)(H,23,27). The van der Waals surface area contributed by atoms with E-state index in [1.165, 1.54) is 0 Å². The Morgan fingerprint density at radius 2 is 1.93 bits per heavy atom. The van der Waals surface area contributed by atoms with Gasteiger partial charge >= 0.3 is 0 Å². The lowest BCUT2D eigenvalue weighted by molar-refractivity contribution is 1.05. The molecule has 0 aliphatic carbocycles. The molecule has 3 heterocycles. The Bertz CT molecular complexity index is 1240. The van der Waals surface area contributed by atoms with Gasteiger partial charge in [-0.15, -0.1) is 0 Å². The number of nitrogens with one attached hydrogen (secondary N) is 1. The van der Waals surface area contributed by atoms with Crippen molar-refractivity contribution in [2.75, 3.05) is 5.73 Å². The van der Waals surface area contributed by atoms with E-state index in [0.29, 0.717) is 33.3 Å². The maximum atomic E-state index is 9.32. The van der Waals surface area contributed by atoms with Gasteiger partial charge in [0.2, 0.25) is 0 Å². The van der Waals surface area contributed by atoms with Crippen molar-refractivity contribution >= 4 is 28.3 Å². The van der Waals surface area contributed by atoms with Crippen LogP contribution >= 0.6 is 11.6 Å². The summed E-state index contributed by atoms with van der Waals surface area (Å²) >= 11 is 6.36. The molecule has 0 aliphatic heterocycles. The van der Waals surface area contributed by atoms with Crippen molar-refractivity contribution in [2.24, 2.45) is 0 Å². The Hall–Kier alpha value is -3.57. The molecule has 0 saturated heterocycles. The zero-order chi connectivity index (χ0) is 19.1. The van der Waals surface area contributed by atoms with Crippen LogP contribution in [0.1, 0.15) is 17.0 Å². The van der Waals surface area contributed by atoms with Crippen LogP contribution in [-0.4, -0.2) is 30.1 Å². The van der Waals surface area contributed by atoms with E-state index in [2.05, 4.69) is 30.1 Å². The lowest BCUT2D eigenvalue weighted by Gasteiger charge is -2.11. The number of fused-ring (bicyclic) bond motifs is 1. The molecule has 0 atom stereocenters. The number of nitrogens with zero attached hydrogens (tertiary/aromatic N) is 6. The topological polar surface area (TPSA) is 130 Å². The minimum absolute atomic E-state index is 0.0218. The van der Waals surface area contributed by atoms with Crippen LogP contribution in [0.2, 0.25) is 5.02 Å². The van der Waals surface area contributed by atoms with Gasteiger partial charge in [-0.2, -0.15) is 10.4 Å². The molecule has 3 aromatic heterocycles. The molecule has 0 spiro atoms. The van der Waals surface area contributed by atoms with Gasteiger partial charge in [-0.1, -0.05) is 11.6 Å². The second kappa shape index (κ2) is 6.30. The fourth-order valence-electron chi connectivity index (χ4n) is 2.68. The lowest BCUT2D eigenvalue weighted by atomic mass is 10.1. The van der Waals surface area contributed by atoms with Gasteiger partial charge in [0, 0.05) is 22.8 Å². The molecule has 0 amide bonds. The van der Waals surface area contributed by atoms with E-state index in [9.17, 15) is 5.26 Å². The number of H-pyrrole nitrogens is 1. The van der Waals surface area contributed by atoms with Crippen LogP contribution in [0.3, 0.4) is 0 Å². The first kappa shape index (κ1) is 16.9. The molecule has 9 heteroatoms. The predicted octanol–water partition coefficient (Wildman–Crippen LogP) is 3.20. The van der Waals surface area contributed by atoms with Crippen LogP contribution in [0.4, 0.5) is 5.82 Å². The fraction of sp³-hybridized carbons (Fsp3) is 0.111. The summed E-state index contributed by atoms with van der Waals surface area (Å²) in [5.41, 5.74) is 9.88. The molecule has 0 aliphatic rings. The summed E-state index contributed by atoms with van der Waals surface area (Å²) in [5.74, 6) is 0.397. The van der Waals surface area contributed by atoms with Crippen molar-refractivity contribution in [1.82, 2.24) is 30.1 Å². The molecule has 3 N–H and O–H groups in total. The van der Waals surface area contributed by atoms with Crippen molar-refractivity contribution in [3.8, 4) is 28.8 Å². The molecule has 0 fully saturated rings. The zero-order valence-electron chi connectivity index (χ0n) is 14.4. The van der Waals surface area contributed by atoms with Gasteiger partial charge in [0.15, 0.2) is 17.3 Å². The fourth-order valence-corrected chi connectivity index (χ4v) is 2.95. The highest BCUT2D eigenvalue weighted by Gasteiger charge is 2.19. The summed E-state index contributed by atoms with van der Waals surface area (Å²) in [7, 11) is 0. The van der Waals surface area contributed by atoms with Crippen LogP contribution in [0.5, 0.6) is 0 Å². The summed E-state index contributed by atoms with van der Waals surface area (Å²) in [5, 5.41) is 17.5. The smallest absolute Gasteiger partial charge is 0.183 e. The molecule has 0 unspecified atom stereocenters. The summed E-state index contributed by atoms with van der Waals surface area (Å²) in [6.07, 6.45) is 3.37. The Morgan fingerprint density at radius 1 is 1.11 bits per heavy atom. The van der Waals surface area contributed by atoms with E-state index >= 15 is 0 Å². The highest BCUT2D eigenvalue weighted by molar-refractivity contribution is 6.35. The molecule has 27 heavy (non-hydrogen) atoms. The number of anilines is 1. The van der Waals surface area contributed by atoms with Gasteiger partial charge in [0.1, 0.15) is 17.5 Å². The minimum atomic E-state index is 0.0218. The van der Waals surface area contributed by atoms with Crippen LogP contribution in [0.25, 0.3) is 33.7 Å². The summed E-state index contributed by atoms with van der Waals surface area (Å²) in [6, 6.07) is 5.55. The quantitative estimate of drug-likeness (QED) is 0.549. The van der Waals surface area contributed by atoms with E-state index < -0.39 is 0 Å². The molecule has 0 radical (unpaired) electrons. The first-order chi connectivity index (χ1) is 13.0. The monoisotopic (exact) mass is 376 g/mol. The van der Waals surface area contributed by atoms with Crippen molar-refractivity contribution in [2.45, 2.75) is 13.8 Å². The van der Waals surface area contributed by atoms with Gasteiger partial charge in [-0.3, -0.25) is 5.10 Å².